The first-order valence-corrected chi connectivity index (χ1v) is 8.46. The number of ether oxygens (including phenoxy) is 2. The van der Waals surface area contributed by atoms with Gasteiger partial charge in [0.1, 0.15) is 17.3 Å². The highest BCUT2D eigenvalue weighted by molar-refractivity contribution is 5.53. The van der Waals surface area contributed by atoms with Crippen molar-refractivity contribution >= 4 is 11.8 Å². The number of nitrogens with one attached hydrogen (secondary N) is 2. The van der Waals surface area contributed by atoms with Crippen LogP contribution in [0.5, 0.6) is 11.5 Å². The molecule has 0 unspecified atom stereocenters. The molecule has 7 nitrogen and oxygen atoms in total. The summed E-state index contributed by atoms with van der Waals surface area (Å²) in [6, 6.07) is 5.74. The molecular formula is C18H25N5O2. The molecule has 1 aliphatic heterocycles. The third-order valence-electron chi connectivity index (χ3n) is 4.46. The number of methoxy groups -OCH3 is 2. The number of hydrogen-bond donors (Lipinski definition) is 3. The summed E-state index contributed by atoms with van der Waals surface area (Å²) in [6.07, 6.45) is 1.73. The van der Waals surface area contributed by atoms with Crippen molar-refractivity contribution in [2.24, 2.45) is 0 Å². The van der Waals surface area contributed by atoms with Crippen molar-refractivity contribution in [1.82, 2.24) is 15.3 Å². The Balaban J connectivity index is 1.93. The van der Waals surface area contributed by atoms with Gasteiger partial charge in [-0.3, -0.25) is 0 Å². The summed E-state index contributed by atoms with van der Waals surface area (Å²) < 4.78 is 10.8. The molecule has 2 heterocycles. The largest absolute Gasteiger partial charge is 0.497 e. The number of hydrogen-bond acceptors (Lipinski definition) is 7. The van der Waals surface area contributed by atoms with Crippen molar-refractivity contribution in [3.8, 4) is 11.5 Å². The van der Waals surface area contributed by atoms with Gasteiger partial charge in [0.05, 0.1) is 26.0 Å². The number of rotatable bonds is 5. The lowest BCUT2D eigenvalue weighted by Crippen LogP contribution is -2.16. The van der Waals surface area contributed by atoms with Crippen molar-refractivity contribution < 1.29 is 9.47 Å². The Morgan fingerprint density at radius 3 is 2.72 bits per heavy atom. The number of benzene rings is 1. The third kappa shape index (κ3) is 3.76. The van der Waals surface area contributed by atoms with Gasteiger partial charge in [-0.1, -0.05) is 0 Å². The lowest BCUT2D eigenvalue weighted by atomic mass is 10.1. The van der Waals surface area contributed by atoms with Crippen LogP contribution in [-0.2, 0) is 12.8 Å². The highest BCUT2D eigenvalue weighted by Gasteiger charge is 2.19. The molecule has 0 saturated heterocycles. The molecule has 0 spiro atoms. The molecule has 3 rings (SSSR count). The molecule has 1 aliphatic rings. The Labute approximate surface area is 148 Å². The number of nitrogens with zero attached hydrogens (tertiary/aromatic N) is 2. The third-order valence-corrected chi connectivity index (χ3v) is 4.46. The average Bonchev–Trinajstić information content (AvgIpc) is 2.86. The topological polar surface area (TPSA) is 94.3 Å². The number of nitrogen functional groups attached to an aromatic ring is 1. The van der Waals surface area contributed by atoms with E-state index in [1.54, 1.807) is 14.2 Å². The molecule has 1 atom stereocenters. The molecule has 0 aliphatic carbocycles. The van der Waals surface area contributed by atoms with Crippen molar-refractivity contribution in [1.29, 1.82) is 0 Å². The fraction of sp³-hybridized carbons (Fsp3) is 0.444. The number of fused-ring (bicyclic) bond motifs is 1. The van der Waals surface area contributed by atoms with E-state index in [0.29, 0.717) is 5.95 Å². The Bertz CT molecular complexity index is 750. The summed E-state index contributed by atoms with van der Waals surface area (Å²) in [5.41, 5.74) is 9.07. The lowest BCUT2D eigenvalue weighted by Gasteiger charge is -2.21. The fourth-order valence-electron chi connectivity index (χ4n) is 3.14. The molecule has 1 aromatic heterocycles. The zero-order valence-corrected chi connectivity index (χ0v) is 14.9. The zero-order valence-electron chi connectivity index (χ0n) is 14.9. The SMILES string of the molecule is COc1ccc(OC)c([C@@H](C)Nc2nc(N)nc3c2CCNCC3)c1. The van der Waals surface area contributed by atoms with E-state index >= 15 is 0 Å². The predicted octanol–water partition coefficient (Wildman–Crippen LogP) is 1.94. The van der Waals surface area contributed by atoms with Crippen LogP contribution in [0.2, 0.25) is 0 Å². The van der Waals surface area contributed by atoms with Crippen molar-refractivity contribution in [2.45, 2.75) is 25.8 Å². The van der Waals surface area contributed by atoms with Gasteiger partial charge in [-0.15, -0.1) is 0 Å². The maximum Gasteiger partial charge on any atom is 0.222 e. The van der Waals surface area contributed by atoms with E-state index < -0.39 is 0 Å². The van der Waals surface area contributed by atoms with Gasteiger partial charge in [-0.05, 0) is 38.1 Å². The van der Waals surface area contributed by atoms with Crippen LogP contribution < -0.4 is 25.8 Å². The monoisotopic (exact) mass is 343 g/mol. The van der Waals surface area contributed by atoms with Gasteiger partial charge in [0.15, 0.2) is 0 Å². The highest BCUT2D eigenvalue weighted by atomic mass is 16.5. The summed E-state index contributed by atoms with van der Waals surface area (Å²) >= 11 is 0. The van der Waals surface area contributed by atoms with Gasteiger partial charge in [0.2, 0.25) is 5.95 Å². The second-order valence-electron chi connectivity index (χ2n) is 6.08. The molecule has 0 amide bonds. The quantitative estimate of drug-likeness (QED) is 0.764. The first-order chi connectivity index (χ1) is 12.1. The highest BCUT2D eigenvalue weighted by Crippen LogP contribution is 2.32. The zero-order chi connectivity index (χ0) is 17.8. The Morgan fingerprint density at radius 1 is 1.16 bits per heavy atom. The van der Waals surface area contributed by atoms with Crippen LogP contribution >= 0.6 is 0 Å². The summed E-state index contributed by atoms with van der Waals surface area (Å²) in [4.78, 5) is 8.86. The molecule has 2 aromatic rings. The number of nitrogens with two attached hydrogens (primary N) is 1. The van der Waals surface area contributed by atoms with E-state index in [-0.39, 0.29) is 6.04 Å². The van der Waals surface area contributed by atoms with Crippen molar-refractivity contribution in [3.05, 3.63) is 35.0 Å². The molecule has 25 heavy (non-hydrogen) atoms. The summed E-state index contributed by atoms with van der Waals surface area (Å²) in [5.74, 6) is 2.68. The molecule has 134 valence electrons. The van der Waals surface area contributed by atoms with E-state index in [9.17, 15) is 0 Å². The van der Waals surface area contributed by atoms with Crippen LogP contribution in [0.25, 0.3) is 0 Å². The van der Waals surface area contributed by atoms with E-state index in [4.69, 9.17) is 15.2 Å². The Morgan fingerprint density at radius 2 is 1.96 bits per heavy atom. The molecule has 0 radical (unpaired) electrons. The van der Waals surface area contributed by atoms with E-state index in [0.717, 1.165) is 60.1 Å². The summed E-state index contributed by atoms with van der Waals surface area (Å²) in [7, 11) is 3.32. The molecule has 7 heteroatoms. The van der Waals surface area contributed by atoms with Gasteiger partial charge >= 0.3 is 0 Å². The van der Waals surface area contributed by atoms with Crippen LogP contribution in [0.15, 0.2) is 18.2 Å². The Hall–Kier alpha value is -2.54. The van der Waals surface area contributed by atoms with E-state index in [1.165, 1.54) is 0 Å². The van der Waals surface area contributed by atoms with Crippen LogP contribution in [-0.4, -0.2) is 37.3 Å². The van der Waals surface area contributed by atoms with Gasteiger partial charge in [0.25, 0.3) is 0 Å². The smallest absolute Gasteiger partial charge is 0.222 e. The van der Waals surface area contributed by atoms with Crippen LogP contribution in [0.4, 0.5) is 11.8 Å². The van der Waals surface area contributed by atoms with Crippen molar-refractivity contribution in [3.63, 3.8) is 0 Å². The first-order valence-electron chi connectivity index (χ1n) is 8.46. The van der Waals surface area contributed by atoms with Gasteiger partial charge in [-0.2, -0.15) is 4.98 Å². The standard InChI is InChI=1S/C18H25N5O2/c1-11(14-10-12(24-2)4-5-16(14)25-3)21-17-13-6-8-20-9-7-15(13)22-18(19)23-17/h4-5,10-11,20H,6-9H2,1-3H3,(H3,19,21,22,23)/t11-/m1/s1. The first kappa shape index (κ1) is 17.3. The minimum atomic E-state index is -0.0281. The van der Waals surface area contributed by atoms with Crippen molar-refractivity contribution in [2.75, 3.05) is 38.4 Å². The van der Waals surface area contributed by atoms with E-state index in [1.807, 2.05) is 18.2 Å². The summed E-state index contributed by atoms with van der Waals surface area (Å²) in [6.45, 7) is 3.88. The second-order valence-corrected chi connectivity index (χ2v) is 6.08. The normalized spacial score (nSPS) is 15.0. The molecular weight excluding hydrogens is 318 g/mol. The maximum absolute atomic E-state index is 5.92. The molecule has 0 saturated carbocycles. The minimum Gasteiger partial charge on any atom is -0.497 e. The molecule has 4 N–H and O–H groups in total. The van der Waals surface area contributed by atoms with E-state index in [2.05, 4.69) is 27.5 Å². The van der Waals surface area contributed by atoms with Gasteiger partial charge < -0.3 is 25.8 Å². The Kier molecular flexibility index (Phi) is 5.23. The summed E-state index contributed by atoms with van der Waals surface area (Å²) in [5, 5.41) is 6.87. The van der Waals surface area contributed by atoms with Crippen LogP contribution in [0.1, 0.15) is 29.8 Å². The van der Waals surface area contributed by atoms with Crippen LogP contribution in [0, 0.1) is 0 Å². The predicted molar refractivity (Wildman–Crippen MR) is 98.3 cm³/mol. The van der Waals surface area contributed by atoms with Crippen LogP contribution in [0.3, 0.4) is 0 Å². The van der Waals surface area contributed by atoms with Gasteiger partial charge in [-0.25, -0.2) is 4.98 Å². The molecule has 0 bridgehead atoms. The second kappa shape index (κ2) is 7.57. The number of anilines is 2. The molecule has 0 fully saturated rings. The lowest BCUT2D eigenvalue weighted by molar-refractivity contribution is 0.397. The molecule has 1 aromatic carbocycles. The van der Waals surface area contributed by atoms with Gasteiger partial charge in [0, 0.05) is 24.1 Å². The maximum atomic E-state index is 5.92. The fourth-order valence-corrected chi connectivity index (χ4v) is 3.14. The number of aromatic nitrogens is 2. The average molecular weight is 343 g/mol. The minimum absolute atomic E-state index is 0.0281.